The fourth-order valence-electron chi connectivity index (χ4n) is 4.29. The summed E-state index contributed by atoms with van der Waals surface area (Å²) in [7, 11) is 0. The molecule has 0 spiro atoms. The summed E-state index contributed by atoms with van der Waals surface area (Å²) < 4.78 is 0. The normalized spacial score (nSPS) is 11.2. The number of aliphatic hydroxyl groups is 2. The van der Waals surface area contributed by atoms with Crippen molar-refractivity contribution in [2.45, 2.75) is 142 Å². The summed E-state index contributed by atoms with van der Waals surface area (Å²) in [6.07, 6.45) is 27.7. The summed E-state index contributed by atoms with van der Waals surface area (Å²) >= 11 is 0. The Bertz CT molecular complexity index is 356. The van der Waals surface area contributed by atoms with Crippen LogP contribution < -0.4 is 0 Å². The predicted octanol–water partition coefficient (Wildman–Crippen LogP) is 7.01. The summed E-state index contributed by atoms with van der Waals surface area (Å²) in [6.45, 7) is 2.87. The third-order valence-electron chi connectivity index (χ3n) is 6.34. The van der Waals surface area contributed by atoms with Gasteiger partial charge in [0, 0.05) is 19.5 Å². The van der Waals surface area contributed by atoms with E-state index >= 15 is 0 Å². The Balaban J connectivity index is 3.22. The molecule has 0 aromatic carbocycles. The SMILES string of the molecule is CCCCCCCCCCCCCCCCCCCCCCC(=O)N(CCO)CCO. The highest BCUT2D eigenvalue weighted by Crippen LogP contribution is 2.15. The lowest BCUT2D eigenvalue weighted by atomic mass is 10.0. The zero-order chi connectivity index (χ0) is 22.8. The van der Waals surface area contributed by atoms with Crippen molar-refractivity contribution in [3.8, 4) is 0 Å². The molecule has 0 aliphatic carbocycles. The van der Waals surface area contributed by atoms with Crippen molar-refractivity contribution in [3.63, 3.8) is 0 Å². The van der Waals surface area contributed by atoms with E-state index in [1.807, 2.05) is 0 Å². The second kappa shape index (κ2) is 25.6. The number of rotatable bonds is 25. The Hall–Kier alpha value is -0.610. The van der Waals surface area contributed by atoms with Gasteiger partial charge in [0.2, 0.25) is 5.91 Å². The van der Waals surface area contributed by atoms with Crippen LogP contribution in [0.25, 0.3) is 0 Å². The second-order valence-electron chi connectivity index (χ2n) is 9.30. The van der Waals surface area contributed by atoms with Crippen LogP contribution in [0.4, 0.5) is 0 Å². The van der Waals surface area contributed by atoms with E-state index in [4.69, 9.17) is 10.2 Å². The highest BCUT2D eigenvalue weighted by molar-refractivity contribution is 5.76. The van der Waals surface area contributed by atoms with Crippen LogP contribution >= 0.6 is 0 Å². The third kappa shape index (κ3) is 22.4. The van der Waals surface area contributed by atoms with Crippen LogP contribution in [0.15, 0.2) is 0 Å². The van der Waals surface area contributed by atoms with Gasteiger partial charge in [0.25, 0.3) is 0 Å². The van der Waals surface area contributed by atoms with Gasteiger partial charge in [0.15, 0.2) is 0 Å². The molecule has 0 bridgehead atoms. The van der Waals surface area contributed by atoms with Crippen LogP contribution in [0.1, 0.15) is 142 Å². The monoisotopic (exact) mass is 441 g/mol. The van der Waals surface area contributed by atoms with Gasteiger partial charge in [-0.15, -0.1) is 0 Å². The van der Waals surface area contributed by atoms with Gasteiger partial charge >= 0.3 is 0 Å². The maximum absolute atomic E-state index is 12.0. The molecule has 0 fully saturated rings. The lowest BCUT2D eigenvalue weighted by Gasteiger charge is -2.20. The van der Waals surface area contributed by atoms with Gasteiger partial charge < -0.3 is 15.1 Å². The lowest BCUT2D eigenvalue weighted by molar-refractivity contribution is -0.132. The summed E-state index contributed by atoms with van der Waals surface area (Å²) in [6, 6.07) is 0. The molecule has 0 heterocycles. The molecule has 0 aliphatic heterocycles. The van der Waals surface area contributed by atoms with Gasteiger partial charge in [-0.2, -0.15) is 0 Å². The average Bonchev–Trinajstić information content (AvgIpc) is 2.77. The lowest BCUT2D eigenvalue weighted by Crippen LogP contribution is -2.35. The van der Waals surface area contributed by atoms with Crippen molar-refractivity contribution in [3.05, 3.63) is 0 Å². The molecular weight excluding hydrogens is 386 g/mol. The number of hydrogen-bond donors (Lipinski definition) is 2. The largest absolute Gasteiger partial charge is 0.395 e. The second-order valence-corrected chi connectivity index (χ2v) is 9.30. The maximum Gasteiger partial charge on any atom is 0.222 e. The molecule has 0 radical (unpaired) electrons. The molecule has 2 N–H and O–H groups in total. The van der Waals surface area contributed by atoms with E-state index in [2.05, 4.69) is 6.92 Å². The Kier molecular flexibility index (Phi) is 25.1. The first-order valence-corrected chi connectivity index (χ1v) is 13.8. The molecule has 0 saturated heterocycles. The summed E-state index contributed by atoms with van der Waals surface area (Å²) in [5, 5.41) is 18.0. The summed E-state index contributed by atoms with van der Waals surface area (Å²) in [5.74, 6) is 0.0607. The number of hydrogen-bond acceptors (Lipinski definition) is 3. The molecule has 1 amide bonds. The molecule has 0 aromatic heterocycles. The number of amides is 1. The molecule has 4 nitrogen and oxygen atoms in total. The third-order valence-corrected chi connectivity index (χ3v) is 6.34. The smallest absolute Gasteiger partial charge is 0.222 e. The molecular formula is C27H55NO3. The Labute approximate surface area is 194 Å². The van der Waals surface area contributed by atoms with Crippen molar-refractivity contribution in [2.75, 3.05) is 26.3 Å². The minimum atomic E-state index is -0.0367. The number of nitrogens with zero attached hydrogens (tertiary/aromatic N) is 1. The number of unbranched alkanes of at least 4 members (excludes halogenated alkanes) is 19. The van der Waals surface area contributed by atoms with Gasteiger partial charge in [-0.05, 0) is 6.42 Å². The molecule has 0 saturated carbocycles. The number of carbonyl (C=O) groups is 1. The van der Waals surface area contributed by atoms with E-state index in [-0.39, 0.29) is 19.1 Å². The number of aliphatic hydroxyl groups excluding tert-OH is 2. The minimum Gasteiger partial charge on any atom is -0.395 e. The van der Waals surface area contributed by atoms with Crippen LogP contribution in [0.3, 0.4) is 0 Å². The maximum atomic E-state index is 12.0. The van der Waals surface area contributed by atoms with Crippen LogP contribution in [-0.4, -0.2) is 47.3 Å². The standard InChI is InChI=1S/C27H55NO3/c1-2-3-4-5-6-7-8-9-10-11-12-13-14-15-16-17-18-19-20-21-22-27(31)28(23-25-29)24-26-30/h29-30H,2-26H2,1H3. The highest BCUT2D eigenvalue weighted by atomic mass is 16.3. The number of carbonyl (C=O) groups excluding carboxylic acids is 1. The van der Waals surface area contributed by atoms with Crippen molar-refractivity contribution in [1.82, 2.24) is 4.90 Å². The zero-order valence-electron chi connectivity index (χ0n) is 20.9. The molecule has 0 aliphatic rings. The molecule has 0 atom stereocenters. The zero-order valence-corrected chi connectivity index (χ0v) is 20.9. The van der Waals surface area contributed by atoms with Gasteiger partial charge in [-0.1, -0.05) is 129 Å². The molecule has 186 valence electrons. The first-order valence-electron chi connectivity index (χ1n) is 13.8. The highest BCUT2D eigenvalue weighted by Gasteiger charge is 2.11. The van der Waals surface area contributed by atoms with Crippen molar-refractivity contribution < 1.29 is 15.0 Å². The predicted molar refractivity (Wildman–Crippen MR) is 133 cm³/mol. The van der Waals surface area contributed by atoms with Crippen molar-refractivity contribution >= 4 is 5.91 Å². The molecule has 0 rings (SSSR count). The first kappa shape index (κ1) is 30.4. The fraction of sp³-hybridized carbons (Fsp3) is 0.963. The molecule has 0 unspecified atom stereocenters. The Morgan fingerprint density at radius 3 is 1.10 bits per heavy atom. The van der Waals surface area contributed by atoms with E-state index in [9.17, 15) is 4.79 Å². The van der Waals surface area contributed by atoms with Crippen molar-refractivity contribution in [2.24, 2.45) is 0 Å². The molecule has 0 aromatic rings. The Morgan fingerprint density at radius 1 is 0.516 bits per heavy atom. The Morgan fingerprint density at radius 2 is 0.806 bits per heavy atom. The van der Waals surface area contributed by atoms with Gasteiger partial charge in [0.05, 0.1) is 13.2 Å². The van der Waals surface area contributed by atoms with Gasteiger partial charge in [-0.3, -0.25) is 4.79 Å². The van der Waals surface area contributed by atoms with Gasteiger partial charge in [-0.25, -0.2) is 0 Å². The molecule has 31 heavy (non-hydrogen) atoms. The minimum absolute atomic E-state index is 0.0367. The van der Waals surface area contributed by atoms with E-state index in [0.717, 1.165) is 12.8 Å². The van der Waals surface area contributed by atoms with Crippen molar-refractivity contribution in [1.29, 1.82) is 0 Å². The quantitative estimate of drug-likeness (QED) is 0.150. The summed E-state index contributed by atoms with van der Waals surface area (Å²) in [4.78, 5) is 13.6. The summed E-state index contributed by atoms with van der Waals surface area (Å²) in [5.41, 5.74) is 0. The van der Waals surface area contributed by atoms with Crippen LogP contribution in [0, 0.1) is 0 Å². The first-order chi connectivity index (χ1) is 15.3. The molecule has 4 heteroatoms. The van der Waals surface area contributed by atoms with Crippen LogP contribution in [0.2, 0.25) is 0 Å². The van der Waals surface area contributed by atoms with Gasteiger partial charge in [0.1, 0.15) is 0 Å². The average molecular weight is 442 g/mol. The van der Waals surface area contributed by atoms with E-state index < -0.39 is 0 Å². The van der Waals surface area contributed by atoms with Crippen LogP contribution in [-0.2, 0) is 4.79 Å². The van der Waals surface area contributed by atoms with Crippen LogP contribution in [0.5, 0.6) is 0 Å². The van der Waals surface area contributed by atoms with E-state index in [1.54, 1.807) is 4.90 Å². The topological polar surface area (TPSA) is 60.8 Å². The van der Waals surface area contributed by atoms with E-state index in [1.165, 1.54) is 116 Å². The fourth-order valence-corrected chi connectivity index (χ4v) is 4.29. The van der Waals surface area contributed by atoms with E-state index in [0.29, 0.717) is 19.5 Å².